The van der Waals surface area contributed by atoms with Crippen molar-refractivity contribution in [2.75, 3.05) is 13.1 Å². The van der Waals surface area contributed by atoms with Crippen LogP contribution in [0.3, 0.4) is 0 Å². The molecule has 1 N–H and O–H groups in total. The van der Waals surface area contributed by atoms with Gasteiger partial charge in [-0.15, -0.1) is 0 Å². The van der Waals surface area contributed by atoms with Gasteiger partial charge in [0.2, 0.25) is 0 Å². The van der Waals surface area contributed by atoms with Crippen molar-refractivity contribution in [2.24, 2.45) is 7.05 Å². The molecule has 1 atom stereocenters. The maximum atomic E-state index is 6.33. The highest BCUT2D eigenvalue weighted by molar-refractivity contribution is 6.35. The van der Waals surface area contributed by atoms with Gasteiger partial charge in [0.25, 0.3) is 0 Å². The van der Waals surface area contributed by atoms with Gasteiger partial charge in [-0.2, -0.15) is 0 Å². The molecule has 1 aliphatic heterocycles. The number of benzene rings is 1. The predicted octanol–water partition coefficient (Wildman–Crippen LogP) is 3.26. The lowest BCUT2D eigenvalue weighted by Crippen LogP contribution is -2.32. The van der Waals surface area contributed by atoms with Crippen LogP contribution in [0.2, 0.25) is 5.02 Å². The van der Waals surface area contributed by atoms with Crippen LogP contribution in [0.1, 0.15) is 32.0 Å². The van der Waals surface area contributed by atoms with E-state index in [-0.39, 0.29) is 5.41 Å². The third-order valence-corrected chi connectivity index (χ3v) is 4.60. The number of hydrogen-bond donors (Lipinski definition) is 1. The largest absolute Gasteiger partial charge is 0.329 e. The number of aromatic nitrogens is 2. The van der Waals surface area contributed by atoms with Gasteiger partial charge in [0.05, 0.1) is 16.1 Å². The fourth-order valence-electron chi connectivity index (χ4n) is 3.43. The van der Waals surface area contributed by atoms with E-state index in [4.69, 9.17) is 16.6 Å². The highest BCUT2D eigenvalue weighted by Crippen LogP contribution is 2.37. The molecule has 1 aliphatic rings. The van der Waals surface area contributed by atoms with Gasteiger partial charge in [-0.25, -0.2) is 4.98 Å². The molecule has 0 radical (unpaired) electrons. The molecule has 0 spiro atoms. The van der Waals surface area contributed by atoms with Crippen LogP contribution in [0.5, 0.6) is 0 Å². The summed E-state index contributed by atoms with van der Waals surface area (Å²) in [7, 11) is 2.09. The monoisotopic (exact) mass is 277 g/mol. The molecule has 3 rings (SSSR count). The van der Waals surface area contributed by atoms with Gasteiger partial charge in [-0.05, 0) is 31.5 Å². The van der Waals surface area contributed by atoms with Crippen LogP contribution in [-0.2, 0) is 12.5 Å². The number of fused-ring (bicyclic) bond motifs is 1. The van der Waals surface area contributed by atoms with Crippen LogP contribution in [-0.4, -0.2) is 22.6 Å². The molecule has 19 heavy (non-hydrogen) atoms. The van der Waals surface area contributed by atoms with Crippen LogP contribution in [0.25, 0.3) is 11.0 Å². The van der Waals surface area contributed by atoms with Crippen molar-refractivity contribution in [3.63, 3.8) is 0 Å². The number of nitrogens with one attached hydrogen (secondary N) is 1. The lowest BCUT2D eigenvalue weighted by Gasteiger charge is -2.27. The number of para-hydroxylation sites is 1. The smallest absolute Gasteiger partial charge is 0.117 e. The fourth-order valence-corrected chi connectivity index (χ4v) is 3.73. The van der Waals surface area contributed by atoms with E-state index in [0.29, 0.717) is 0 Å². The number of halogens is 1. The molecule has 1 unspecified atom stereocenters. The average Bonchev–Trinajstić information content (AvgIpc) is 2.97. The second kappa shape index (κ2) is 4.80. The molecule has 0 bridgehead atoms. The Balaban J connectivity index is 2.19. The molecule has 0 amide bonds. The zero-order chi connectivity index (χ0) is 13.5. The Morgan fingerprint density at radius 2 is 2.32 bits per heavy atom. The van der Waals surface area contributed by atoms with E-state index in [9.17, 15) is 0 Å². The molecule has 4 heteroatoms. The number of rotatable bonds is 3. The van der Waals surface area contributed by atoms with Crippen molar-refractivity contribution in [3.05, 3.63) is 29.0 Å². The van der Waals surface area contributed by atoms with Crippen molar-refractivity contribution in [2.45, 2.75) is 31.6 Å². The molecule has 1 aromatic heterocycles. The zero-order valence-electron chi connectivity index (χ0n) is 11.5. The summed E-state index contributed by atoms with van der Waals surface area (Å²) in [6.07, 6.45) is 3.52. The molecule has 1 aromatic carbocycles. The lowest BCUT2D eigenvalue weighted by atomic mass is 9.81. The third-order valence-electron chi connectivity index (χ3n) is 4.29. The summed E-state index contributed by atoms with van der Waals surface area (Å²) in [5.74, 6) is 1.18. The normalized spacial score (nSPS) is 23.3. The van der Waals surface area contributed by atoms with Crippen molar-refractivity contribution in [1.82, 2.24) is 14.9 Å². The first-order chi connectivity index (χ1) is 9.18. The van der Waals surface area contributed by atoms with Crippen LogP contribution >= 0.6 is 11.6 Å². The Kier molecular flexibility index (Phi) is 3.27. The molecule has 0 saturated carbocycles. The van der Waals surface area contributed by atoms with Gasteiger partial charge in [-0.1, -0.05) is 31.0 Å². The third kappa shape index (κ3) is 1.96. The fraction of sp³-hybridized carbons (Fsp3) is 0.533. The maximum absolute atomic E-state index is 6.33. The minimum absolute atomic E-state index is 0.172. The van der Waals surface area contributed by atoms with Gasteiger partial charge in [0, 0.05) is 19.0 Å². The van der Waals surface area contributed by atoms with Crippen LogP contribution in [0.15, 0.2) is 18.2 Å². The highest BCUT2D eigenvalue weighted by Gasteiger charge is 2.38. The summed E-state index contributed by atoms with van der Waals surface area (Å²) >= 11 is 6.33. The number of imidazole rings is 1. The Morgan fingerprint density at radius 1 is 1.47 bits per heavy atom. The van der Waals surface area contributed by atoms with Gasteiger partial charge < -0.3 is 9.88 Å². The molecule has 102 valence electrons. The summed E-state index contributed by atoms with van der Waals surface area (Å²) in [4.78, 5) is 4.88. The van der Waals surface area contributed by atoms with E-state index < -0.39 is 0 Å². The lowest BCUT2D eigenvalue weighted by molar-refractivity contribution is 0.393. The molecule has 2 aromatic rings. The van der Waals surface area contributed by atoms with Crippen LogP contribution in [0.4, 0.5) is 0 Å². The van der Waals surface area contributed by atoms with Crippen molar-refractivity contribution in [3.8, 4) is 0 Å². The molecule has 1 saturated heterocycles. The van der Waals surface area contributed by atoms with Crippen molar-refractivity contribution < 1.29 is 0 Å². The van der Waals surface area contributed by atoms with Crippen molar-refractivity contribution >= 4 is 22.6 Å². The molecule has 1 fully saturated rings. The van der Waals surface area contributed by atoms with Gasteiger partial charge in [0.15, 0.2) is 0 Å². The molecular formula is C15H20ClN3. The standard InChI is InChI=1S/C15H20ClN3/c1-3-7-15(8-9-17-10-15)14-18-12-6-4-5-11(16)13(12)19(14)2/h4-6,17H,3,7-10H2,1-2H3. The zero-order valence-corrected chi connectivity index (χ0v) is 12.3. The number of nitrogens with zero attached hydrogens (tertiary/aromatic N) is 2. The predicted molar refractivity (Wildman–Crippen MR) is 79.8 cm³/mol. The highest BCUT2D eigenvalue weighted by atomic mass is 35.5. The van der Waals surface area contributed by atoms with E-state index in [2.05, 4.69) is 23.9 Å². The van der Waals surface area contributed by atoms with Crippen molar-refractivity contribution in [1.29, 1.82) is 0 Å². The topological polar surface area (TPSA) is 29.9 Å². The SMILES string of the molecule is CCCC1(c2nc3cccc(Cl)c3n2C)CCNC1. The Hall–Kier alpha value is -1.06. The Bertz CT molecular complexity index is 597. The van der Waals surface area contributed by atoms with Crippen LogP contribution in [0, 0.1) is 0 Å². The quantitative estimate of drug-likeness (QED) is 0.933. The molecule has 2 heterocycles. The van der Waals surface area contributed by atoms with Crippen LogP contribution < -0.4 is 5.32 Å². The minimum atomic E-state index is 0.172. The first-order valence-electron chi connectivity index (χ1n) is 7.00. The summed E-state index contributed by atoms with van der Waals surface area (Å²) in [6.45, 7) is 4.35. The average molecular weight is 278 g/mol. The van der Waals surface area contributed by atoms with Gasteiger partial charge >= 0.3 is 0 Å². The Labute approximate surface area is 119 Å². The minimum Gasteiger partial charge on any atom is -0.329 e. The molecular weight excluding hydrogens is 258 g/mol. The second-order valence-corrected chi connectivity index (χ2v) is 5.97. The van der Waals surface area contributed by atoms with E-state index in [1.807, 2.05) is 18.2 Å². The summed E-state index contributed by atoms with van der Waals surface area (Å²) in [6, 6.07) is 5.96. The molecule has 0 aliphatic carbocycles. The second-order valence-electron chi connectivity index (χ2n) is 5.56. The summed E-state index contributed by atoms with van der Waals surface area (Å²) in [5, 5.41) is 4.28. The van der Waals surface area contributed by atoms with E-state index in [1.165, 1.54) is 18.7 Å². The Morgan fingerprint density at radius 3 is 2.95 bits per heavy atom. The molecule has 3 nitrogen and oxygen atoms in total. The number of aryl methyl sites for hydroxylation is 1. The number of hydrogen-bond acceptors (Lipinski definition) is 2. The summed E-state index contributed by atoms with van der Waals surface area (Å²) in [5.41, 5.74) is 2.24. The first-order valence-corrected chi connectivity index (χ1v) is 7.38. The van der Waals surface area contributed by atoms with Gasteiger partial charge in [0.1, 0.15) is 5.82 Å². The first kappa shape index (κ1) is 12.9. The van der Waals surface area contributed by atoms with E-state index >= 15 is 0 Å². The summed E-state index contributed by atoms with van der Waals surface area (Å²) < 4.78 is 2.19. The van der Waals surface area contributed by atoms with Gasteiger partial charge in [-0.3, -0.25) is 0 Å². The van der Waals surface area contributed by atoms with E-state index in [1.54, 1.807) is 0 Å². The maximum Gasteiger partial charge on any atom is 0.117 e. The van der Waals surface area contributed by atoms with E-state index in [0.717, 1.165) is 35.6 Å².